The molecular weight excluding hydrogens is 400 g/mol. The quantitative estimate of drug-likeness (QED) is 0.744. The van der Waals surface area contributed by atoms with Gasteiger partial charge in [0.2, 0.25) is 10.0 Å². The van der Waals surface area contributed by atoms with Crippen LogP contribution in [0.25, 0.3) is 0 Å². The molecule has 1 amide bonds. The second kappa shape index (κ2) is 8.41. The molecule has 0 aliphatic carbocycles. The standard InChI is InChI=1S/C20H23ClN2O4S/c1-14-13-17(7-8-18(14)21)27-15(2)20(24)22-10-12-28(25,26)23-11-9-16-5-3-4-6-19(16)23/h3-8,13,15H,9-12H2,1-2H3,(H,22,24). The normalized spacial score (nSPS) is 14.5. The molecule has 1 heterocycles. The number of ether oxygens (including phenoxy) is 1. The van der Waals surface area contributed by atoms with Crippen molar-refractivity contribution in [1.82, 2.24) is 5.32 Å². The van der Waals surface area contributed by atoms with E-state index >= 15 is 0 Å². The number of anilines is 1. The van der Waals surface area contributed by atoms with E-state index in [0.29, 0.717) is 23.7 Å². The number of benzene rings is 2. The maximum atomic E-state index is 12.6. The summed E-state index contributed by atoms with van der Waals surface area (Å²) in [4.78, 5) is 12.2. The zero-order valence-corrected chi connectivity index (χ0v) is 17.4. The Bertz CT molecular complexity index is 978. The number of nitrogens with zero attached hydrogens (tertiary/aromatic N) is 1. The average molecular weight is 423 g/mol. The van der Waals surface area contributed by atoms with Crippen LogP contribution < -0.4 is 14.4 Å². The van der Waals surface area contributed by atoms with Crippen molar-refractivity contribution >= 4 is 33.2 Å². The second-order valence-electron chi connectivity index (χ2n) is 6.73. The van der Waals surface area contributed by atoms with Crippen LogP contribution in [0.5, 0.6) is 5.75 Å². The van der Waals surface area contributed by atoms with Gasteiger partial charge < -0.3 is 10.1 Å². The van der Waals surface area contributed by atoms with Crippen molar-refractivity contribution in [2.45, 2.75) is 26.4 Å². The van der Waals surface area contributed by atoms with Crippen LogP contribution in [0.4, 0.5) is 5.69 Å². The molecule has 0 bridgehead atoms. The van der Waals surface area contributed by atoms with E-state index < -0.39 is 16.1 Å². The fourth-order valence-electron chi connectivity index (χ4n) is 3.10. The molecule has 28 heavy (non-hydrogen) atoms. The van der Waals surface area contributed by atoms with Gasteiger partial charge in [-0.15, -0.1) is 0 Å². The molecule has 3 rings (SSSR count). The Hall–Kier alpha value is -2.25. The van der Waals surface area contributed by atoms with Crippen LogP contribution in [0.15, 0.2) is 42.5 Å². The minimum Gasteiger partial charge on any atom is -0.481 e. The number of sulfonamides is 1. The van der Waals surface area contributed by atoms with Gasteiger partial charge in [0.1, 0.15) is 5.75 Å². The molecule has 1 aliphatic rings. The molecule has 0 aromatic heterocycles. The molecule has 0 radical (unpaired) electrons. The number of aryl methyl sites for hydroxylation is 1. The first-order valence-electron chi connectivity index (χ1n) is 9.07. The molecular formula is C20H23ClN2O4S. The first kappa shape index (κ1) is 20.5. The Morgan fingerprint density at radius 2 is 2.04 bits per heavy atom. The summed E-state index contributed by atoms with van der Waals surface area (Å²) in [6, 6.07) is 12.6. The van der Waals surface area contributed by atoms with Crippen molar-refractivity contribution in [2.75, 3.05) is 23.1 Å². The molecule has 0 saturated carbocycles. The van der Waals surface area contributed by atoms with Crippen molar-refractivity contribution < 1.29 is 17.9 Å². The van der Waals surface area contributed by atoms with Crippen LogP contribution in [0.1, 0.15) is 18.1 Å². The minimum atomic E-state index is -3.50. The number of carbonyl (C=O) groups excluding carboxylic acids is 1. The van der Waals surface area contributed by atoms with E-state index in [-0.39, 0.29) is 18.2 Å². The van der Waals surface area contributed by atoms with Crippen molar-refractivity contribution in [3.05, 3.63) is 58.6 Å². The van der Waals surface area contributed by atoms with Gasteiger partial charge in [-0.2, -0.15) is 0 Å². The van der Waals surface area contributed by atoms with Gasteiger partial charge in [0, 0.05) is 18.1 Å². The van der Waals surface area contributed by atoms with E-state index in [4.69, 9.17) is 16.3 Å². The van der Waals surface area contributed by atoms with Gasteiger partial charge in [-0.3, -0.25) is 9.10 Å². The number of rotatable bonds is 7. The van der Waals surface area contributed by atoms with E-state index in [2.05, 4.69) is 5.32 Å². The van der Waals surface area contributed by atoms with E-state index in [9.17, 15) is 13.2 Å². The molecule has 1 aliphatic heterocycles. The van der Waals surface area contributed by atoms with Crippen LogP contribution >= 0.6 is 11.6 Å². The van der Waals surface area contributed by atoms with Gasteiger partial charge >= 0.3 is 0 Å². The summed E-state index contributed by atoms with van der Waals surface area (Å²) in [5.74, 6) is -0.00435. The molecule has 1 atom stereocenters. The summed E-state index contributed by atoms with van der Waals surface area (Å²) in [7, 11) is -3.50. The molecule has 0 spiro atoms. The summed E-state index contributed by atoms with van der Waals surface area (Å²) in [5.41, 5.74) is 2.60. The fraction of sp³-hybridized carbons (Fsp3) is 0.350. The summed E-state index contributed by atoms with van der Waals surface area (Å²) in [6.45, 7) is 3.92. The summed E-state index contributed by atoms with van der Waals surface area (Å²) >= 11 is 5.98. The Morgan fingerprint density at radius 1 is 1.29 bits per heavy atom. The largest absolute Gasteiger partial charge is 0.481 e. The maximum Gasteiger partial charge on any atom is 0.260 e. The monoisotopic (exact) mass is 422 g/mol. The third kappa shape index (κ3) is 4.59. The fourth-order valence-corrected chi connectivity index (χ4v) is 4.65. The third-order valence-corrected chi connectivity index (χ3v) is 6.85. The number of fused-ring (bicyclic) bond motifs is 1. The highest BCUT2D eigenvalue weighted by Gasteiger charge is 2.29. The lowest BCUT2D eigenvalue weighted by atomic mass is 10.2. The van der Waals surface area contributed by atoms with Crippen LogP contribution in [0.2, 0.25) is 5.02 Å². The molecule has 6 nitrogen and oxygen atoms in total. The van der Waals surface area contributed by atoms with Gasteiger partial charge in [0.15, 0.2) is 6.10 Å². The van der Waals surface area contributed by atoms with Gasteiger partial charge in [0.05, 0.1) is 11.4 Å². The zero-order valence-electron chi connectivity index (χ0n) is 15.8. The van der Waals surface area contributed by atoms with Gasteiger partial charge in [-0.05, 0) is 55.7 Å². The highest BCUT2D eigenvalue weighted by atomic mass is 35.5. The number of hydrogen-bond donors (Lipinski definition) is 1. The van der Waals surface area contributed by atoms with Crippen LogP contribution in [0.3, 0.4) is 0 Å². The van der Waals surface area contributed by atoms with E-state index in [1.54, 1.807) is 25.1 Å². The van der Waals surface area contributed by atoms with Gasteiger partial charge in [0.25, 0.3) is 5.91 Å². The highest BCUT2D eigenvalue weighted by Crippen LogP contribution is 2.29. The van der Waals surface area contributed by atoms with E-state index in [1.165, 1.54) is 4.31 Å². The number of amides is 1. The summed E-state index contributed by atoms with van der Waals surface area (Å²) in [6.07, 6.45) is -0.0524. The van der Waals surface area contributed by atoms with E-state index in [1.807, 2.05) is 31.2 Å². The Balaban J connectivity index is 1.52. The van der Waals surface area contributed by atoms with Crippen molar-refractivity contribution in [1.29, 1.82) is 0 Å². The number of nitrogens with one attached hydrogen (secondary N) is 1. The number of halogens is 1. The van der Waals surface area contributed by atoms with E-state index in [0.717, 1.165) is 16.8 Å². The predicted octanol–water partition coefficient (Wildman–Crippen LogP) is 2.92. The number of carbonyl (C=O) groups is 1. The topological polar surface area (TPSA) is 75.7 Å². The predicted molar refractivity (Wildman–Crippen MR) is 111 cm³/mol. The Labute approximate surface area is 170 Å². The smallest absolute Gasteiger partial charge is 0.260 e. The third-order valence-electron chi connectivity index (χ3n) is 4.65. The zero-order chi connectivity index (χ0) is 20.3. The summed E-state index contributed by atoms with van der Waals surface area (Å²) < 4.78 is 32.3. The van der Waals surface area contributed by atoms with Crippen LogP contribution in [-0.4, -0.2) is 39.3 Å². The highest BCUT2D eigenvalue weighted by molar-refractivity contribution is 7.92. The summed E-state index contributed by atoms with van der Waals surface area (Å²) in [5, 5.41) is 3.26. The molecule has 0 saturated heterocycles. The average Bonchev–Trinajstić information content (AvgIpc) is 3.09. The second-order valence-corrected chi connectivity index (χ2v) is 9.15. The molecule has 0 fully saturated rings. The van der Waals surface area contributed by atoms with Crippen LogP contribution in [0, 0.1) is 6.92 Å². The van der Waals surface area contributed by atoms with Crippen molar-refractivity contribution in [2.24, 2.45) is 0 Å². The molecule has 2 aromatic rings. The first-order chi connectivity index (χ1) is 13.3. The maximum absolute atomic E-state index is 12.6. The SMILES string of the molecule is Cc1cc(OC(C)C(=O)NCCS(=O)(=O)N2CCc3ccccc32)ccc1Cl. The Morgan fingerprint density at radius 3 is 2.79 bits per heavy atom. The minimum absolute atomic E-state index is 0.0210. The molecule has 1 unspecified atom stereocenters. The van der Waals surface area contributed by atoms with Crippen molar-refractivity contribution in [3.8, 4) is 5.75 Å². The van der Waals surface area contributed by atoms with Gasteiger partial charge in [-0.25, -0.2) is 8.42 Å². The first-order valence-corrected chi connectivity index (χ1v) is 11.1. The molecule has 1 N–H and O–H groups in total. The van der Waals surface area contributed by atoms with Crippen molar-refractivity contribution in [3.63, 3.8) is 0 Å². The molecule has 8 heteroatoms. The lowest BCUT2D eigenvalue weighted by Gasteiger charge is -2.20. The molecule has 150 valence electrons. The Kier molecular flexibility index (Phi) is 6.15. The lowest BCUT2D eigenvalue weighted by Crippen LogP contribution is -2.41. The lowest BCUT2D eigenvalue weighted by molar-refractivity contribution is -0.127. The number of hydrogen-bond acceptors (Lipinski definition) is 4. The number of para-hydroxylation sites is 1. The van der Waals surface area contributed by atoms with Crippen LogP contribution in [-0.2, 0) is 21.2 Å². The molecule has 2 aromatic carbocycles. The van der Waals surface area contributed by atoms with Gasteiger partial charge in [-0.1, -0.05) is 29.8 Å².